The molecule has 14 heavy (non-hydrogen) atoms. The predicted octanol–water partition coefficient (Wildman–Crippen LogP) is 1.81. The van der Waals surface area contributed by atoms with Gasteiger partial charge in [0, 0.05) is 5.56 Å². The normalized spacial score (nSPS) is 13.0. The molecule has 0 amide bonds. The number of nitrogens with two attached hydrogens (primary N) is 1. The van der Waals surface area contributed by atoms with Crippen LogP contribution in [0.4, 0.5) is 0 Å². The summed E-state index contributed by atoms with van der Waals surface area (Å²) >= 11 is 8.80. The van der Waals surface area contributed by atoms with Crippen molar-refractivity contribution in [2.75, 3.05) is 0 Å². The Kier molecular flexibility index (Phi) is 3.09. The van der Waals surface area contributed by atoms with Crippen LogP contribution in [-0.4, -0.2) is 9.59 Å². The minimum Gasteiger partial charge on any atom is -0.271 e. The molecule has 0 spiro atoms. The monoisotopic (exact) mass is 246 g/mol. The molecule has 2 aromatic heterocycles. The third kappa shape index (κ3) is 1.79. The maximum atomic E-state index is 6.02. The zero-order valence-corrected chi connectivity index (χ0v) is 9.36. The van der Waals surface area contributed by atoms with Gasteiger partial charge in [-0.15, -0.1) is 16.4 Å². The Morgan fingerprint density at radius 2 is 2.43 bits per heavy atom. The second-order valence-electron chi connectivity index (χ2n) is 2.57. The van der Waals surface area contributed by atoms with Crippen LogP contribution in [-0.2, 0) is 0 Å². The van der Waals surface area contributed by atoms with Crippen molar-refractivity contribution in [1.29, 1.82) is 0 Å². The van der Waals surface area contributed by atoms with E-state index in [0.717, 1.165) is 14.8 Å². The van der Waals surface area contributed by atoms with Crippen molar-refractivity contribution in [2.45, 2.75) is 6.04 Å². The minimum atomic E-state index is -0.117. The highest BCUT2D eigenvalue weighted by Crippen LogP contribution is 2.32. The molecule has 1 unspecified atom stereocenters. The van der Waals surface area contributed by atoms with Crippen LogP contribution in [0.2, 0.25) is 4.34 Å². The Balaban J connectivity index is 2.36. The number of halogens is 1. The Bertz CT molecular complexity index is 399. The van der Waals surface area contributed by atoms with Crippen LogP contribution in [0, 0.1) is 0 Å². The van der Waals surface area contributed by atoms with Crippen molar-refractivity contribution in [3.8, 4) is 0 Å². The van der Waals surface area contributed by atoms with Crippen molar-refractivity contribution in [3.63, 3.8) is 0 Å². The van der Waals surface area contributed by atoms with Crippen LogP contribution >= 0.6 is 34.5 Å². The smallest absolute Gasteiger partial charge is 0.0980 e. The van der Waals surface area contributed by atoms with E-state index in [4.69, 9.17) is 17.4 Å². The molecule has 0 saturated heterocycles. The van der Waals surface area contributed by atoms with E-state index >= 15 is 0 Å². The van der Waals surface area contributed by atoms with Crippen LogP contribution < -0.4 is 11.3 Å². The molecule has 1 atom stereocenters. The van der Waals surface area contributed by atoms with Gasteiger partial charge in [-0.1, -0.05) is 16.1 Å². The van der Waals surface area contributed by atoms with Gasteiger partial charge in [0.1, 0.15) is 0 Å². The lowest BCUT2D eigenvalue weighted by Crippen LogP contribution is -2.28. The molecule has 4 nitrogen and oxygen atoms in total. The van der Waals surface area contributed by atoms with Gasteiger partial charge in [-0.25, -0.2) is 5.43 Å². The molecule has 0 fully saturated rings. The molecule has 0 bridgehead atoms. The van der Waals surface area contributed by atoms with Gasteiger partial charge in [0.25, 0.3) is 0 Å². The van der Waals surface area contributed by atoms with Crippen LogP contribution in [0.5, 0.6) is 0 Å². The first-order valence-electron chi connectivity index (χ1n) is 3.79. The van der Waals surface area contributed by atoms with Gasteiger partial charge in [-0.05, 0) is 23.0 Å². The molecule has 0 radical (unpaired) electrons. The maximum Gasteiger partial charge on any atom is 0.0980 e. The van der Waals surface area contributed by atoms with E-state index in [0.29, 0.717) is 0 Å². The number of hydrogen-bond donors (Lipinski definition) is 2. The zero-order chi connectivity index (χ0) is 9.97. The van der Waals surface area contributed by atoms with Crippen molar-refractivity contribution in [1.82, 2.24) is 15.0 Å². The summed E-state index contributed by atoms with van der Waals surface area (Å²) in [6.07, 6.45) is 1.68. The van der Waals surface area contributed by atoms with Gasteiger partial charge < -0.3 is 0 Å². The zero-order valence-electron chi connectivity index (χ0n) is 6.98. The van der Waals surface area contributed by atoms with E-state index in [2.05, 4.69) is 15.0 Å². The number of hydrogen-bond acceptors (Lipinski definition) is 6. The average Bonchev–Trinajstić information content (AvgIpc) is 2.80. The molecular formula is C7H7ClN4S2. The van der Waals surface area contributed by atoms with Gasteiger partial charge in [-0.3, -0.25) is 5.84 Å². The number of hydrazine groups is 1. The highest BCUT2D eigenvalue weighted by Gasteiger charge is 2.18. The molecule has 0 saturated carbocycles. The molecule has 2 aromatic rings. The molecule has 0 aliphatic heterocycles. The summed E-state index contributed by atoms with van der Waals surface area (Å²) in [7, 11) is 0. The fraction of sp³-hybridized carbons (Fsp3) is 0.143. The molecule has 74 valence electrons. The first-order valence-corrected chi connectivity index (χ1v) is 5.82. The van der Waals surface area contributed by atoms with Gasteiger partial charge in [0.15, 0.2) is 0 Å². The van der Waals surface area contributed by atoms with Crippen LogP contribution in [0.25, 0.3) is 0 Å². The quantitative estimate of drug-likeness (QED) is 0.641. The number of nitrogens with zero attached hydrogens (tertiary/aromatic N) is 2. The molecule has 0 aromatic carbocycles. The topological polar surface area (TPSA) is 63.8 Å². The Morgan fingerprint density at radius 3 is 2.93 bits per heavy atom. The molecule has 3 N–H and O–H groups in total. The standard InChI is InChI=1S/C7H7ClN4S2/c8-7-4(1-2-13-7)6(11-9)5-3-10-12-14-5/h1-3,6,11H,9H2. The highest BCUT2D eigenvalue weighted by molar-refractivity contribution is 7.14. The first-order chi connectivity index (χ1) is 6.83. The van der Waals surface area contributed by atoms with E-state index < -0.39 is 0 Å². The molecule has 0 aliphatic rings. The lowest BCUT2D eigenvalue weighted by Gasteiger charge is -2.11. The summed E-state index contributed by atoms with van der Waals surface area (Å²) in [6, 6.07) is 1.82. The van der Waals surface area contributed by atoms with Gasteiger partial charge in [-0.2, -0.15) is 0 Å². The number of thiophene rings is 1. The van der Waals surface area contributed by atoms with E-state index in [1.807, 2.05) is 11.4 Å². The first kappa shape index (κ1) is 10.0. The third-order valence-corrected chi connectivity index (χ3v) is 3.71. The summed E-state index contributed by atoms with van der Waals surface area (Å²) in [5.41, 5.74) is 3.66. The SMILES string of the molecule is NNC(c1cnns1)c1ccsc1Cl. The Hall–Kier alpha value is -0.530. The lowest BCUT2D eigenvalue weighted by molar-refractivity contribution is 0.647. The van der Waals surface area contributed by atoms with E-state index in [1.54, 1.807) is 6.20 Å². The van der Waals surface area contributed by atoms with Crippen molar-refractivity contribution >= 4 is 34.5 Å². The lowest BCUT2D eigenvalue weighted by atomic mass is 10.1. The third-order valence-electron chi connectivity index (χ3n) is 1.79. The van der Waals surface area contributed by atoms with Crippen molar-refractivity contribution in [2.24, 2.45) is 5.84 Å². The van der Waals surface area contributed by atoms with Crippen LogP contribution in [0.1, 0.15) is 16.5 Å². The van der Waals surface area contributed by atoms with Gasteiger partial charge in [0.05, 0.1) is 21.5 Å². The summed E-state index contributed by atoms with van der Waals surface area (Å²) in [6.45, 7) is 0. The number of rotatable bonds is 3. The van der Waals surface area contributed by atoms with Crippen molar-refractivity contribution < 1.29 is 0 Å². The predicted molar refractivity (Wildman–Crippen MR) is 58.4 cm³/mol. The summed E-state index contributed by atoms with van der Waals surface area (Å²) in [4.78, 5) is 0.952. The molecular weight excluding hydrogens is 240 g/mol. The summed E-state index contributed by atoms with van der Waals surface area (Å²) < 4.78 is 4.52. The minimum absolute atomic E-state index is 0.117. The van der Waals surface area contributed by atoms with Gasteiger partial charge in [0.2, 0.25) is 0 Å². The van der Waals surface area contributed by atoms with Crippen LogP contribution in [0.3, 0.4) is 0 Å². The highest BCUT2D eigenvalue weighted by atomic mass is 35.5. The van der Waals surface area contributed by atoms with Crippen molar-refractivity contribution in [3.05, 3.63) is 32.4 Å². The van der Waals surface area contributed by atoms with E-state index in [-0.39, 0.29) is 6.04 Å². The number of aromatic nitrogens is 2. The fourth-order valence-electron chi connectivity index (χ4n) is 1.14. The number of nitrogens with one attached hydrogen (secondary N) is 1. The molecule has 0 aliphatic carbocycles. The van der Waals surface area contributed by atoms with E-state index in [9.17, 15) is 0 Å². The fourth-order valence-corrected chi connectivity index (χ4v) is 2.70. The van der Waals surface area contributed by atoms with Gasteiger partial charge >= 0.3 is 0 Å². The van der Waals surface area contributed by atoms with E-state index in [1.165, 1.54) is 22.9 Å². The molecule has 2 rings (SSSR count). The Morgan fingerprint density at radius 1 is 1.57 bits per heavy atom. The largest absolute Gasteiger partial charge is 0.271 e. The summed E-state index contributed by atoms with van der Waals surface area (Å²) in [5, 5.41) is 5.69. The molecule has 2 heterocycles. The van der Waals surface area contributed by atoms with Crippen LogP contribution in [0.15, 0.2) is 17.6 Å². The Labute approximate surface area is 93.8 Å². The molecule has 7 heteroatoms. The second-order valence-corrected chi connectivity index (χ2v) is 4.90. The average molecular weight is 247 g/mol. The maximum absolute atomic E-state index is 6.02. The second kappa shape index (κ2) is 4.33. The summed E-state index contributed by atoms with van der Waals surface area (Å²) in [5.74, 6) is 5.47.